The van der Waals surface area contributed by atoms with Crippen LogP contribution >= 0.6 is 0 Å². The molecule has 1 heterocycles. The number of alkyl carbamates (subject to hydrolysis) is 1. The summed E-state index contributed by atoms with van der Waals surface area (Å²) in [5.74, 6) is 0.523. The molecular weight excluding hydrogens is 338 g/mol. The van der Waals surface area contributed by atoms with Crippen LogP contribution in [0, 0.1) is 0 Å². The van der Waals surface area contributed by atoms with Crippen LogP contribution in [0.4, 0.5) is 4.79 Å². The summed E-state index contributed by atoms with van der Waals surface area (Å²) in [5, 5.41) is 3.05. The number of carbonyl (C=O) groups excluding carboxylic acids is 1. The Morgan fingerprint density at radius 3 is 3.04 bits per heavy atom. The minimum Gasteiger partial charge on any atom is -0.447 e. The molecule has 0 aromatic heterocycles. The number of hydrogen-bond donors (Lipinski definition) is 1. The predicted octanol–water partition coefficient (Wildman–Crippen LogP) is 4.66. The second-order valence-corrected chi connectivity index (χ2v) is 8.41. The zero-order chi connectivity index (χ0) is 18.7. The molecule has 1 aromatic carbocycles. The Hall–Kier alpha value is -1.81. The fraction of sp³-hybridized carbons (Fsp3) is 0.609. The third-order valence-corrected chi connectivity index (χ3v) is 6.39. The van der Waals surface area contributed by atoms with Crippen molar-refractivity contribution in [2.75, 3.05) is 13.2 Å². The third-order valence-electron chi connectivity index (χ3n) is 6.39. The van der Waals surface area contributed by atoms with Gasteiger partial charge in [-0.25, -0.2) is 4.79 Å². The van der Waals surface area contributed by atoms with E-state index in [1.165, 1.54) is 23.1 Å². The van der Waals surface area contributed by atoms with E-state index >= 15 is 0 Å². The van der Waals surface area contributed by atoms with Crippen LogP contribution in [0.1, 0.15) is 68.1 Å². The summed E-state index contributed by atoms with van der Waals surface area (Å²) in [6.45, 7) is 3.45. The zero-order valence-electron chi connectivity index (χ0n) is 16.3. The van der Waals surface area contributed by atoms with Gasteiger partial charge in [-0.1, -0.05) is 43.7 Å². The summed E-state index contributed by atoms with van der Waals surface area (Å²) in [6.07, 6.45) is 13.2. The highest BCUT2D eigenvalue weighted by Gasteiger charge is 2.46. The Kier molecular flexibility index (Phi) is 5.53. The average Bonchev–Trinajstić information content (AvgIpc) is 3.27. The van der Waals surface area contributed by atoms with Gasteiger partial charge in [-0.3, -0.25) is 0 Å². The number of benzene rings is 1. The lowest BCUT2D eigenvalue weighted by atomic mass is 9.85. The van der Waals surface area contributed by atoms with E-state index in [-0.39, 0.29) is 11.6 Å². The van der Waals surface area contributed by atoms with Gasteiger partial charge in [0.25, 0.3) is 0 Å². The first-order valence-electron chi connectivity index (χ1n) is 10.5. The maximum Gasteiger partial charge on any atom is 0.407 e. The Morgan fingerprint density at radius 2 is 2.22 bits per heavy atom. The van der Waals surface area contributed by atoms with Gasteiger partial charge < -0.3 is 14.8 Å². The Morgan fingerprint density at radius 1 is 1.30 bits per heavy atom. The number of ether oxygens (including phenoxy) is 2. The number of carbonyl (C=O) groups is 1. The Bertz CT molecular complexity index is 714. The van der Waals surface area contributed by atoms with Crippen molar-refractivity contribution in [3.8, 4) is 0 Å². The topological polar surface area (TPSA) is 47.6 Å². The minimum atomic E-state index is -0.253. The number of unbranched alkanes of at least 4 members (excludes halogenated alkanes) is 1. The van der Waals surface area contributed by atoms with Crippen molar-refractivity contribution in [2.45, 2.75) is 75.9 Å². The molecule has 0 radical (unpaired) electrons. The molecule has 3 atom stereocenters. The van der Waals surface area contributed by atoms with Crippen molar-refractivity contribution in [1.29, 1.82) is 0 Å². The van der Waals surface area contributed by atoms with Crippen LogP contribution in [0.2, 0.25) is 0 Å². The van der Waals surface area contributed by atoms with Crippen molar-refractivity contribution in [3.63, 3.8) is 0 Å². The fourth-order valence-corrected chi connectivity index (χ4v) is 4.83. The van der Waals surface area contributed by atoms with Crippen LogP contribution in [0.3, 0.4) is 0 Å². The zero-order valence-corrected chi connectivity index (χ0v) is 16.3. The standard InChI is InChI=1S/C23H31NO3/c1-2-3-4-5-12-26-21-9-8-17-13-18(6-7-19(17)14-21)20-10-11-23(15-20)16-27-22(25)24-23/h4-7,13,20-21H,2-3,8-12,14-16H2,1H3,(H,24,25)/b5-4+/t20-,21-,23+/m0/s1. The van der Waals surface area contributed by atoms with Gasteiger partial charge in [0.2, 0.25) is 0 Å². The molecule has 4 nitrogen and oxygen atoms in total. The van der Waals surface area contributed by atoms with Gasteiger partial charge >= 0.3 is 6.09 Å². The summed E-state index contributed by atoms with van der Waals surface area (Å²) in [5.41, 5.74) is 4.23. The molecule has 1 amide bonds. The van der Waals surface area contributed by atoms with Crippen LogP contribution in [0.25, 0.3) is 0 Å². The molecule has 1 aromatic rings. The normalized spacial score (nSPS) is 29.9. The largest absolute Gasteiger partial charge is 0.447 e. The summed E-state index contributed by atoms with van der Waals surface area (Å²) in [4.78, 5) is 11.4. The average molecular weight is 370 g/mol. The maximum atomic E-state index is 11.4. The van der Waals surface area contributed by atoms with Crippen LogP contribution in [-0.2, 0) is 22.3 Å². The molecule has 146 valence electrons. The number of allylic oxidation sites excluding steroid dienone is 1. The number of cyclic esters (lactones) is 1. The van der Waals surface area contributed by atoms with Gasteiger partial charge in [0.15, 0.2) is 0 Å². The molecule has 4 heteroatoms. The summed E-state index contributed by atoms with van der Waals surface area (Å²) < 4.78 is 11.2. The number of aryl methyl sites for hydroxylation is 1. The molecule has 0 unspecified atom stereocenters. The van der Waals surface area contributed by atoms with E-state index in [2.05, 4.69) is 42.6 Å². The molecule has 2 aliphatic carbocycles. The number of nitrogens with one attached hydrogen (secondary N) is 1. The molecule has 1 saturated carbocycles. The van der Waals surface area contributed by atoms with Crippen LogP contribution in [0.5, 0.6) is 0 Å². The highest BCUT2D eigenvalue weighted by atomic mass is 16.6. The van der Waals surface area contributed by atoms with Gasteiger partial charge in [-0.15, -0.1) is 0 Å². The van der Waals surface area contributed by atoms with Crippen molar-refractivity contribution in [2.24, 2.45) is 0 Å². The first-order chi connectivity index (χ1) is 13.2. The van der Waals surface area contributed by atoms with Crippen LogP contribution in [-0.4, -0.2) is 30.9 Å². The molecule has 2 fully saturated rings. The monoisotopic (exact) mass is 369 g/mol. The smallest absolute Gasteiger partial charge is 0.407 e. The fourth-order valence-electron chi connectivity index (χ4n) is 4.83. The number of amides is 1. The lowest BCUT2D eigenvalue weighted by Crippen LogP contribution is -2.40. The summed E-state index contributed by atoms with van der Waals surface area (Å²) in [7, 11) is 0. The summed E-state index contributed by atoms with van der Waals surface area (Å²) in [6, 6.07) is 7.01. The number of hydrogen-bond acceptors (Lipinski definition) is 3. The molecule has 0 bridgehead atoms. The van der Waals surface area contributed by atoms with Crippen molar-refractivity contribution in [1.82, 2.24) is 5.32 Å². The second-order valence-electron chi connectivity index (χ2n) is 8.41. The Balaban J connectivity index is 1.34. The van der Waals surface area contributed by atoms with E-state index in [9.17, 15) is 4.79 Å². The molecule has 3 aliphatic rings. The van der Waals surface area contributed by atoms with E-state index in [4.69, 9.17) is 9.47 Å². The highest BCUT2D eigenvalue weighted by Crippen LogP contribution is 2.43. The van der Waals surface area contributed by atoms with Crippen molar-refractivity contribution in [3.05, 3.63) is 47.0 Å². The first kappa shape index (κ1) is 18.5. The maximum absolute atomic E-state index is 11.4. The minimum absolute atomic E-state index is 0.123. The molecule has 1 saturated heterocycles. The predicted molar refractivity (Wildman–Crippen MR) is 106 cm³/mol. The van der Waals surface area contributed by atoms with Gasteiger partial charge in [0, 0.05) is 0 Å². The summed E-state index contributed by atoms with van der Waals surface area (Å²) >= 11 is 0. The molecule has 1 aliphatic heterocycles. The molecule has 1 N–H and O–H groups in total. The lowest BCUT2D eigenvalue weighted by molar-refractivity contribution is 0.0641. The van der Waals surface area contributed by atoms with Crippen LogP contribution in [0.15, 0.2) is 30.4 Å². The van der Waals surface area contributed by atoms with E-state index in [1.54, 1.807) is 0 Å². The number of fused-ring (bicyclic) bond motifs is 1. The SMILES string of the molecule is CCC/C=C/CO[C@H]1CCc2cc([C@H]3CC[C@]4(COC(=O)N4)C3)ccc2C1. The van der Waals surface area contributed by atoms with E-state index in [0.29, 0.717) is 18.6 Å². The van der Waals surface area contributed by atoms with E-state index < -0.39 is 0 Å². The molecular formula is C23H31NO3. The Labute approximate surface area is 162 Å². The van der Waals surface area contributed by atoms with E-state index in [0.717, 1.165) is 51.6 Å². The van der Waals surface area contributed by atoms with Gasteiger partial charge in [0.05, 0.1) is 18.2 Å². The van der Waals surface area contributed by atoms with Gasteiger partial charge in [-0.05, 0) is 67.6 Å². The lowest BCUT2D eigenvalue weighted by Gasteiger charge is -2.26. The molecule has 27 heavy (non-hydrogen) atoms. The third kappa shape index (κ3) is 4.21. The highest BCUT2D eigenvalue weighted by molar-refractivity contribution is 5.70. The number of rotatable bonds is 6. The van der Waals surface area contributed by atoms with Crippen molar-refractivity contribution < 1.29 is 14.3 Å². The van der Waals surface area contributed by atoms with Crippen LogP contribution < -0.4 is 5.32 Å². The molecule has 4 rings (SSSR count). The quantitative estimate of drug-likeness (QED) is 0.742. The van der Waals surface area contributed by atoms with E-state index in [1.807, 2.05) is 0 Å². The van der Waals surface area contributed by atoms with Gasteiger partial charge in [0.1, 0.15) is 6.61 Å². The molecule has 1 spiro atoms. The second kappa shape index (κ2) is 8.05. The van der Waals surface area contributed by atoms with Gasteiger partial charge in [-0.2, -0.15) is 0 Å². The first-order valence-corrected chi connectivity index (χ1v) is 10.5. The van der Waals surface area contributed by atoms with Crippen molar-refractivity contribution >= 4 is 6.09 Å².